The van der Waals surface area contributed by atoms with E-state index in [0.717, 1.165) is 19.6 Å². The molecule has 0 saturated carbocycles. The quantitative estimate of drug-likeness (QED) is 0.140. The second-order valence-electron chi connectivity index (χ2n) is 9.58. The maximum absolute atomic E-state index is 9.00. The van der Waals surface area contributed by atoms with E-state index >= 15 is 0 Å². The third-order valence-corrected chi connectivity index (χ3v) is 6.69. The van der Waals surface area contributed by atoms with E-state index in [1.807, 2.05) is 0 Å². The van der Waals surface area contributed by atoms with Crippen LogP contribution in [0.4, 0.5) is 0 Å². The molecule has 0 aliphatic heterocycles. The third-order valence-electron chi connectivity index (χ3n) is 6.69. The van der Waals surface area contributed by atoms with Gasteiger partial charge in [0.1, 0.15) is 0 Å². The summed E-state index contributed by atoms with van der Waals surface area (Å²) in [4.78, 5) is 2.36. The van der Waals surface area contributed by atoms with Crippen LogP contribution in [-0.4, -0.2) is 36.2 Å². The highest BCUT2D eigenvalue weighted by molar-refractivity contribution is 4.55. The van der Waals surface area contributed by atoms with Gasteiger partial charge in [-0.3, -0.25) is 0 Å². The summed E-state index contributed by atoms with van der Waals surface area (Å²) in [6.45, 7) is 7.86. The van der Waals surface area contributed by atoms with Gasteiger partial charge in [0.25, 0.3) is 0 Å². The standard InChI is InChI=1S/C28H59NO/c1-3-5-6-7-8-9-10-11-12-13-14-15-16-17-18-19-20-21-22-23-24-25-26-29(4-2)27-28-30/h30H,3-28H2,1-2H3. The zero-order valence-corrected chi connectivity index (χ0v) is 21.3. The fourth-order valence-electron chi connectivity index (χ4n) is 4.51. The van der Waals surface area contributed by atoms with E-state index in [4.69, 9.17) is 5.11 Å². The minimum Gasteiger partial charge on any atom is -0.395 e. The molecule has 0 aromatic carbocycles. The number of rotatable bonds is 26. The van der Waals surface area contributed by atoms with Gasteiger partial charge in [-0.25, -0.2) is 0 Å². The molecule has 0 spiro atoms. The van der Waals surface area contributed by atoms with E-state index in [-0.39, 0.29) is 0 Å². The van der Waals surface area contributed by atoms with Crippen LogP contribution in [-0.2, 0) is 0 Å². The number of nitrogens with zero attached hydrogens (tertiary/aromatic N) is 1. The zero-order chi connectivity index (χ0) is 22.0. The van der Waals surface area contributed by atoms with Crippen molar-refractivity contribution in [2.75, 3.05) is 26.2 Å². The van der Waals surface area contributed by atoms with E-state index in [1.54, 1.807) is 0 Å². The normalized spacial score (nSPS) is 11.6. The summed E-state index contributed by atoms with van der Waals surface area (Å²) in [5.41, 5.74) is 0. The number of hydrogen-bond acceptors (Lipinski definition) is 2. The number of likely N-dealkylation sites (N-methyl/N-ethyl adjacent to an activating group) is 1. The van der Waals surface area contributed by atoms with Gasteiger partial charge in [-0.05, 0) is 19.5 Å². The van der Waals surface area contributed by atoms with Gasteiger partial charge in [-0.1, -0.05) is 149 Å². The number of aliphatic hydroxyl groups is 1. The molecule has 0 aromatic heterocycles. The fraction of sp³-hybridized carbons (Fsp3) is 1.00. The van der Waals surface area contributed by atoms with E-state index < -0.39 is 0 Å². The van der Waals surface area contributed by atoms with Crippen molar-refractivity contribution in [2.45, 2.75) is 155 Å². The minimum atomic E-state index is 0.299. The van der Waals surface area contributed by atoms with Crippen LogP contribution in [0.3, 0.4) is 0 Å². The predicted molar refractivity (Wildman–Crippen MR) is 136 cm³/mol. The molecule has 0 bridgehead atoms. The maximum atomic E-state index is 9.00. The van der Waals surface area contributed by atoms with Crippen LogP contribution in [0, 0.1) is 0 Å². The topological polar surface area (TPSA) is 23.5 Å². The van der Waals surface area contributed by atoms with Crippen molar-refractivity contribution in [1.29, 1.82) is 0 Å². The van der Waals surface area contributed by atoms with Gasteiger partial charge in [0, 0.05) is 6.54 Å². The van der Waals surface area contributed by atoms with Crippen molar-refractivity contribution in [1.82, 2.24) is 4.90 Å². The average Bonchev–Trinajstić information content (AvgIpc) is 2.76. The molecule has 0 aromatic rings. The molecule has 182 valence electrons. The van der Waals surface area contributed by atoms with Crippen LogP contribution in [0.15, 0.2) is 0 Å². The molecule has 0 radical (unpaired) electrons. The van der Waals surface area contributed by atoms with Crippen molar-refractivity contribution in [3.8, 4) is 0 Å². The van der Waals surface area contributed by atoms with Crippen LogP contribution in [0.2, 0.25) is 0 Å². The average molecular weight is 426 g/mol. The summed E-state index contributed by atoms with van der Waals surface area (Å²) in [6, 6.07) is 0. The zero-order valence-electron chi connectivity index (χ0n) is 21.3. The summed E-state index contributed by atoms with van der Waals surface area (Å²) in [5.74, 6) is 0. The summed E-state index contributed by atoms with van der Waals surface area (Å²) in [7, 11) is 0. The molecule has 0 amide bonds. The van der Waals surface area contributed by atoms with E-state index in [9.17, 15) is 0 Å². The highest BCUT2D eigenvalue weighted by Crippen LogP contribution is 2.15. The largest absolute Gasteiger partial charge is 0.395 e. The van der Waals surface area contributed by atoms with E-state index in [2.05, 4.69) is 18.7 Å². The molecule has 1 N–H and O–H groups in total. The van der Waals surface area contributed by atoms with Gasteiger partial charge in [0.2, 0.25) is 0 Å². The van der Waals surface area contributed by atoms with Crippen LogP contribution < -0.4 is 0 Å². The Morgan fingerprint density at radius 1 is 0.400 bits per heavy atom. The van der Waals surface area contributed by atoms with Crippen LogP contribution in [0.1, 0.15) is 155 Å². The highest BCUT2D eigenvalue weighted by atomic mass is 16.3. The first-order valence-corrected chi connectivity index (χ1v) is 14.2. The summed E-state index contributed by atoms with van der Waals surface area (Å²) in [6.07, 6.45) is 31.8. The van der Waals surface area contributed by atoms with Gasteiger partial charge in [-0.15, -0.1) is 0 Å². The molecule has 0 aliphatic rings. The molecule has 0 heterocycles. The molecule has 30 heavy (non-hydrogen) atoms. The molecule has 0 aliphatic carbocycles. The molecule has 0 saturated heterocycles. The predicted octanol–water partition coefficient (Wildman–Crippen LogP) is 8.90. The molecule has 2 nitrogen and oxygen atoms in total. The van der Waals surface area contributed by atoms with Gasteiger partial charge < -0.3 is 10.0 Å². The summed E-state index contributed by atoms with van der Waals surface area (Å²) < 4.78 is 0. The highest BCUT2D eigenvalue weighted by Gasteiger charge is 2.00. The van der Waals surface area contributed by atoms with Gasteiger partial charge in [-0.2, -0.15) is 0 Å². The van der Waals surface area contributed by atoms with Crippen LogP contribution in [0.5, 0.6) is 0 Å². The van der Waals surface area contributed by atoms with Crippen LogP contribution >= 0.6 is 0 Å². The molecule has 0 fully saturated rings. The second-order valence-corrected chi connectivity index (χ2v) is 9.58. The lowest BCUT2D eigenvalue weighted by molar-refractivity contribution is 0.199. The van der Waals surface area contributed by atoms with Gasteiger partial charge >= 0.3 is 0 Å². The first-order valence-electron chi connectivity index (χ1n) is 14.2. The Morgan fingerprint density at radius 3 is 0.967 bits per heavy atom. The van der Waals surface area contributed by atoms with Crippen molar-refractivity contribution < 1.29 is 5.11 Å². The maximum Gasteiger partial charge on any atom is 0.0558 e. The minimum absolute atomic E-state index is 0.299. The van der Waals surface area contributed by atoms with Gasteiger partial charge in [0.15, 0.2) is 0 Å². The first-order chi connectivity index (χ1) is 14.8. The van der Waals surface area contributed by atoms with Crippen LogP contribution in [0.25, 0.3) is 0 Å². The van der Waals surface area contributed by atoms with Crippen molar-refractivity contribution in [3.05, 3.63) is 0 Å². The third kappa shape index (κ3) is 24.2. The lowest BCUT2D eigenvalue weighted by Gasteiger charge is -2.18. The van der Waals surface area contributed by atoms with Gasteiger partial charge in [0.05, 0.1) is 6.61 Å². The molecular formula is C28H59NO. The van der Waals surface area contributed by atoms with E-state index in [0.29, 0.717) is 6.61 Å². The Morgan fingerprint density at radius 2 is 0.700 bits per heavy atom. The second kappa shape index (κ2) is 27.0. The lowest BCUT2D eigenvalue weighted by atomic mass is 10.0. The molecule has 0 atom stereocenters. The molecule has 0 rings (SSSR count). The SMILES string of the molecule is CCCCCCCCCCCCCCCCCCCCCCCCN(CC)CCO. The van der Waals surface area contributed by atoms with Crippen molar-refractivity contribution in [3.63, 3.8) is 0 Å². The lowest BCUT2D eigenvalue weighted by Crippen LogP contribution is -2.27. The fourth-order valence-corrected chi connectivity index (χ4v) is 4.51. The number of aliphatic hydroxyl groups excluding tert-OH is 1. The monoisotopic (exact) mass is 425 g/mol. The Labute approximate surface area is 191 Å². The van der Waals surface area contributed by atoms with Crippen molar-refractivity contribution in [2.24, 2.45) is 0 Å². The number of unbranched alkanes of at least 4 members (excludes halogenated alkanes) is 21. The molecular weight excluding hydrogens is 366 g/mol. The Kier molecular flexibility index (Phi) is 26.9. The molecule has 0 unspecified atom stereocenters. The first kappa shape index (κ1) is 29.9. The Balaban J connectivity index is 3.06. The summed E-state index contributed by atoms with van der Waals surface area (Å²) in [5, 5.41) is 9.00. The Bertz CT molecular complexity index is 294. The smallest absolute Gasteiger partial charge is 0.0558 e. The number of hydrogen-bond donors (Lipinski definition) is 1. The van der Waals surface area contributed by atoms with E-state index in [1.165, 1.54) is 141 Å². The summed E-state index contributed by atoms with van der Waals surface area (Å²) >= 11 is 0. The Hall–Kier alpha value is -0.0800. The molecule has 2 heteroatoms. The van der Waals surface area contributed by atoms with Crippen molar-refractivity contribution >= 4 is 0 Å².